The number of rotatable bonds is 3. The number of sulfone groups is 1. The quantitative estimate of drug-likeness (QED) is 0.532. The molecule has 0 radical (unpaired) electrons. The summed E-state index contributed by atoms with van der Waals surface area (Å²) in [5.41, 5.74) is 13.2. The Kier molecular flexibility index (Phi) is 5.54. The molecule has 0 bridgehead atoms. The molecule has 0 saturated carbocycles. The van der Waals surface area contributed by atoms with E-state index in [1.54, 1.807) is 11.8 Å². The number of aryl methyl sites for hydroxylation is 1. The molecule has 4 rings (SSSR count). The number of amidine groups is 1. The third-order valence-corrected chi connectivity index (χ3v) is 7.69. The number of anilines is 1. The molecule has 0 aliphatic carbocycles. The van der Waals surface area contributed by atoms with Crippen molar-refractivity contribution in [2.24, 2.45) is 22.6 Å². The Labute approximate surface area is 179 Å². The second kappa shape index (κ2) is 8.03. The summed E-state index contributed by atoms with van der Waals surface area (Å²) in [5, 5.41) is 0.412. The SMILES string of the molecule is Cc1cc(F)cc2c(N=C(N)[C@@H]3CCCN(C(=O)C4CCS(=O)(=O)C4)C3)nc(N)nc12. The molecule has 1 aromatic carbocycles. The number of aliphatic imine (C=N–C) groups is 1. The molecule has 11 heteroatoms. The summed E-state index contributed by atoms with van der Waals surface area (Å²) < 4.78 is 37.4. The van der Waals surface area contributed by atoms with Crippen LogP contribution < -0.4 is 11.5 Å². The van der Waals surface area contributed by atoms with E-state index >= 15 is 0 Å². The number of benzene rings is 1. The van der Waals surface area contributed by atoms with Gasteiger partial charge in [0.2, 0.25) is 11.9 Å². The number of amides is 1. The van der Waals surface area contributed by atoms with E-state index in [0.717, 1.165) is 12.8 Å². The minimum absolute atomic E-state index is 0.0108. The number of piperidine rings is 1. The lowest BCUT2D eigenvalue weighted by atomic mass is 9.95. The molecule has 0 spiro atoms. The van der Waals surface area contributed by atoms with Crippen molar-refractivity contribution in [1.29, 1.82) is 0 Å². The molecule has 1 aromatic heterocycles. The highest BCUT2D eigenvalue weighted by Gasteiger charge is 2.37. The van der Waals surface area contributed by atoms with Gasteiger partial charge in [-0.3, -0.25) is 4.79 Å². The lowest BCUT2D eigenvalue weighted by Crippen LogP contribution is -2.46. The zero-order valence-electron chi connectivity index (χ0n) is 17.2. The predicted molar refractivity (Wildman–Crippen MR) is 116 cm³/mol. The molecule has 2 saturated heterocycles. The van der Waals surface area contributed by atoms with Crippen molar-refractivity contribution in [2.45, 2.75) is 26.2 Å². The molecule has 9 nitrogen and oxygen atoms in total. The summed E-state index contributed by atoms with van der Waals surface area (Å²) in [7, 11) is -3.13. The van der Waals surface area contributed by atoms with Crippen molar-refractivity contribution < 1.29 is 17.6 Å². The molecule has 3 heterocycles. The van der Waals surface area contributed by atoms with Crippen LogP contribution in [0, 0.1) is 24.6 Å². The van der Waals surface area contributed by atoms with Gasteiger partial charge in [0.1, 0.15) is 11.7 Å². The fraction of sp³-hybridized carbons (Fsp3) is 0.500. The number of fused-ring (bicyclic) bond motifs is 1. The van der Waals surface area contributed by atoms with Gasteiger partial charge in [0.15, 0.2) is 15.7 Å². The van der Waals surface area contributed by atoms with Crippen molar-refractivity contribution >= 4 is 44.2 Å². The van der Waals surface area contributed by atoms with E-state index in [1.165, 1.54) is 12.1 Å². The Morgan fingerprint density at radius 1 is 1.26 bits per heavy atom. The minimum Gasteiger partial charge on any atom is -0.387 e. The average Bonchev–Trinajstić information content (AvgIpc) is 3.08. The van der Waals surface area contributed by atoms with Crippen molar-refractivity contribution in [3.8, 4) is 0 Å². The number of nitrogens with zero attached hydrogens (tertiary/aromatic N) is 4. The fourth-order valence-electron chi connectivity index (χ4n) is 4.33. The topological polar surface area (TPSA) is 145 Å². The van der Waals surface area contributed by atoms with Crippen LogP contribution in [0.15, 0.2) is 17.1 Å². The number of hydrogen-bond donors (Lipinski definition) is 2. The molecule has 4 N–H and O–H groups in total. The van der Waals surface area contributed by atoms with E-state index in [2.05, 4.69) is 15.0 Å². The summed E-state index contributed by atoms with van der Waals surface area (Å²) in [6.07, 6.45) is 1.82. The zero-order chi connectivity index (χ0) is 22.3. The Bertz CT molecular complexity index is 1180. The van der Waals surface area contributed by atoms with Crippen molar-refractivity contribution in [2.75, 3.05) is 30.3 Å². The largest absolute Gasteiger partial charge is 0.387 e. The highest BCUT2D eigenvalue weighted by atomic mass is 32.2. The molecule has 1 unspecified atom stereocenters. The number of nitrogen functional groups attached to an aromatic ring is 1. The van der Waals surface area contributed by atoms with E-state index in [1.807, 2.05) is 0 Å². The van der Waals surface area contributed by atoms with E-state index < -0.39 is 21.6 Å². The van der Waals surface area contributed by atoms with Gasteiger partial charge in [-0.25, -0.2) is 22.8 Å². The van der Waals surface area contributed by atoms with Crippen LogP contribution in [-0.2, 0) is 14.6 Å². The standard InChI is InChI=1S/C20H25FN6O3S/c1-11-7-14(21)8-15-16(11)24-20(23)26-18(15)25-17(22)12-3-2-5-27(9-12)19(28)13-4-6-31(29,30)10-13/h7-8,12-13H,2-6,9-10H2,1H3,(H4,22,23,24,25,26)/t12-,13?/m1/s1. The fourth-order valence-corrected chi connectivity index (χ4v) is 6.06. The number of halogens is 1. The maximum atomic E-state index is 14.0. The van der Waals surface area contributed by atoms with Crippen LogP contribution in [0.25, 0.3) is 10.9 Å². The molecule has 2 atom stereocenters. The van der Waals surface area contributed by atoms with Gasteiger partial charge in [0.05, 0.1) is 22.9 Å². The molecule has 2 aliphatic rings. The molecule has 2 aliphatic heterocycles. The number of likely N-dealkylation sites (tertiary alicyclic amines) is 1. The van der Waals surface area contributed by atoms with E-state index in [-0.39, 0.29) is 40.9 Å². The number of nitrogens with two attached hydrogens (primary N) is 2. The lowest BCUT2D eigenvalue weighted by molar-refractivity contribution is -0.136. The zero-order valence-corrected chi connectivity index (χ0v) is 18.0. The van der Waals surface area contributed by atoms with Gasteiger partial charge in [-0.15, -0.1) is 0 Å². The van der Waals surface area contributed by atoms with Gasteiger partial charge in [-0.2, -0.15) is 4.98 Å². The Morgan fingerprint density at radius 2 is 2.03 bits per heavy atom. The first kappa shape index (κ1) is 21.4. The van der Waals surface area contributed by atoms with Crippen molar-refractivity contribution in [1.82, 2.24) is 14.9 Å². The first-order valence-electron chi connectivity index (χ1n) is 10.2. The van der Waals surface area contributed by atoms with Crippen LogP contribution >= 0.6 is 0 Å². The van der Waals surface area contributed by atoms with Crippen LogP contribution in [0.4, 0.5) is 16.2 Å². The minimum atomic E-state index is -3.13. The van der Waals surface area contributed by atoms with Crippen LogP contribution in [0.3, 0.4) is 0 Å². The predicted octanol–water partition coefficient (Wildman–Crippen LogP) is 1.32. The third-order valence-electron chi connectivity index (χ3n) is 5.92. The van der Waals surface area contributed by atoms with Gasteiger partial charge in [0.25, 0.3) is 0 Å². The number of carbonyl (C=O) groups is 1. The van der Waals surface area contributed by atoms with Crippen LogP contribution in [0.1, 0.15) is 24.8 Å². The van der Waals surface area contributed by atoms with E-state index in [9.17, 15) is 17.6 Å². The molecular formula is C20H25FN6O3S. The molecule has 2 aromatic rings. The molecular weight excluding hydrogens is 423 g/mol. The second-order valence-electron chi connectivity index (χ2n) is 8.28. The molecule has 166 valence electrons. The summed E-state index contributed by atoms with van der Waals surface area (Å²) >= 11 is 0. The highest BCUT2D eigenvalue weighted by molar-refractivity contribution is 7.91. The summed E-state index contributed by atoms with van der Waals surface area (Å²) in [4.78, 5) is 27.2. The number of hydrogen-bond acceptors (Lipinski definition) is 7. The van der Waals surface area contributed by atoms with E-state index in [0.29, 0.717) is 36.0 Å². The van der Waals surface area contributed by atoms with Crippen LogP contribution in [0.5, 0.6) is 0 Å². The number of carbonyl (C=O) groups excluding carboxylic acids is 1. The Morgan fingerprint density at radius 3 is 2.74 bits per heavy atom. The van der Waals surface area contributed by atoms with Crippen LogP contribution in [0.2, 0.25) is 0 Å². The van der Waals surface area contributed by atoms with Gasteiger partial charge in [-0.1, -0.05) is 0 Å². The first-order chi connectivity index (χ1) is 14.6. The lowest BCUT2D eigenvalue weighted by Gasteiger charge is -2.33. The summed E-state index contributed by atoms with van der Waals surface area (Å²) in [6, 6.07) is 2.66. The smallest absolute Gasteiger partial charge is 0.226 e. The molecule has 31 heavy (non-hydrogen) atoms. The van der Waals surface area contributed by atoms with Gasteiger partial charge >= 0.3 is 0 Å². The monoisotopic (exact) mass is 448 g/mol. The molecule has 2 fully saturated rings. The third kappa shape index (κ3) is 4.46. The summed E-state index contributed by atoms with van der Waals surface area (Å²) in [6.45, 7) is 2.64. The van der Waals surface area contributed by atoms with E-state index in [4.69, 9.17) is 11.5 Å². The first-order valence-corrected chi connectivity index (χ1v) is 12.0. The Hall–Kier alpha value is -2.82. The van der Waals surface area contributed by atoms with Crippen molar-refractivity contribution in [3.63, 3.8) is 0 Å². The van der Waals surface area contributed by atoms with Gasteiger partial charge < -0.3 is 16.4 Å². The molecule has 1 amide bonds. The summed E-state index contributed by atoms with van der Waals surface area (Å²) in [5.74, 6) is -0.837. The second-order valence-corrected chi connectivity index (χ2v) is 10.5. The van der Waals surface area contributed by atoms with Gasteiger partial charge in [-0.05, 0) is 43.9 Å². The van der Waals surface area contributed by atoms with Crippen LogP contribution in [-0.4, -0.2) is 59.6 Å². The maximum absolute atomic E-state index is 14.0. The normalized spacial score (nSPS) is 23.9. The van der Waals surface area contributed by atoms with Crippen molar-refractivity contribution in [3.05, 3.63) is 23.5 Å². The maximum Gasteiger partial charge on any atom is 0.226 e. The van der Waals surface area contributed by atoms with Gasteiger partial charge in [0, 0.05) is 24.4 Å². The average molecular weight is 449 g/mol. The number of aromatic nitrogens is 2. The highest BCUT2D eigenvalue weighted by Crippen LogP contribution is 2.29. The Balaban J connectivity index is 1.58.